The average Bonchev–Trinajstić information content (AvgIpc) is 3.06. The van der Waals surface area contributed by atoms with E-state index in [2.05, 4.69) is 25.8 Å². The number of carbonyl (C=O) groups is 2. The van der Waals surface area contributed by atoms with Crippen LogP contribution in [-0.4, -0.2) is 27.0 Å². The van der Waals surface area contributed by atoms with E-state index in [9.17, 15) is 9.59 Å². The van der Waals surface area contributed by atoms with Crippen LogP contribution in [-0.2, 0) is 11.2 Å². The summed E-state index contributed by atoms with van der Waals surface area (Å²) in [5.41, 5.74) is 4.68. The van der Waals surface area contributed by atoms with Gasteiger partial charge in [-0.2, -0.15) is 5.10 Å². The molecule has 3 rings (SSSR count). The van der Waals surface area contributed by atoms with Crippen LogP contribution >= 0.6 is 0 Å². The van der Waals surface area contributed by atoms with E-state index < -0.39 is 0 Å². The first-order valence-electron chi connectivity index (χ1n) is 8.66. The van der Waals surface area contributed by atoms with Gasteiger partial charge in [0.05, 0.1) is 5.69 Å². The molecule has 0 unspecified atom stereocenters. The van der Waals surface area contributed by atoms with Crippen molar-refractivity contribution in [3.05, 3.63) is 59.4 Å². The molecular weight excluding hydrogens is 342 g/mol. The maximum absolute atomic E-state index is 12.7. The molecule has 3 N–H and O–H groups in total. The fraction of sp³-hybridized carbons (Fsp3) is 0.200. The van der Waals surface area contributed by atoms with Gasteiger partial charge in [0, 0.05) is 41.7 Å². The smallest absolute Gasteiger partial charge is 0.256 e. The molecule has 0 spiro atoms. The van der Waals surface area contributed by atoms with Gasteiger partial charge in [0.2, 0.25) is 5.91 Å². The molecule has 0 aliphatic carbocycles. The Labute approximate surface area is 157 Å². The van der Waals surface area contributed by atoms with Crippen LogP contribution in [0.5, 0.6) is 0 Å². The SMILES string of the molecule is CCc1c(NC(=O)c2ccc(C)c(NC(C)=O)c2)n[nH]c1-c1ccncc1. The number of amides is 2. The monoisotopic (exact) mass is 363 g/mol. The van der Waals surface area contributed by atoms with Crippen LogP contribution in [0.15, 0.2) is 42.7 Å². The van der Waals surface area contributed by atoms with Gasteiger partial charge in [-0.25, -0.2) is 0 Å². The molecule has 27 heavy (non-hydrogen) atoms. The summed E-state index contributed by atoms with van der Waals surface area (Å²) in [7, 11) is 0. The number of H-pyrrole nitrogens is 1. The molecule has 0 aliphatic rings. The first-order chi connectivity index (χ1) is 13.0. The van der Waals surface area contributed by atoms with E-state index in [1.165, 1.54) is 6.92 Å². The lowest BCUT2D eigenvalue weighted by Crippen LogP contribution is -2.15. The van der Waals surface area contributed by atoms with Gasteiger partial charge in [-0.05, 0) is 43.2 Å². The lowest BCUT2D eigenvalue weighted by Gasteiger charge is -2.10. The molecule has 0 saturated heterocycles. The number of aromatic nitrogens is 3. The highest BCUT2D eigenvalue weighted by molar-refractivity contribution is 6.05. The number of nitrogens with zero attached hydrogens (tertiary/aromatic N) is 2. The van der Waals surface area contributed by atoms with Crippen LogP contribution in [0.3, 0.4) is 0 Å². The summed E-state index contributed by atoms with van der Waals surface area (Å²) in [6.07, 6.45) is 4.13. The lowest BCUT2D eigenvalue weighted by molar-refractivity contribution is -0.114. The number of anilines is 2. The number of pyridine rings is 1. The number of aryl methyl sites for hydroxylation is 1. The van der Waals surface area contributed by atoms with Crippen molar-refractivity contribution < 1.29 is 9.59 Å². The third-order valence-electron chi connectivity index (χ3n) is 4.23. The minimum Gasteiger partial charge on any atom is -0.326 e. The molecule has 0 bridgehead atoms. The quantitative estimate of drug-likeness (QED) is 0.645. The summed E-state index contributed by atoms with van der Waals surface area (Å²) < 4.78 is 0. The third-order valence-corrected chi connectivity index (χ3v) is 4.23. The van der Waals surface area contributed by atoms with Crippen molar-refractivity contribution in [2.45, 2.75) is 27.2 Å². The largest absolute Gasteiger partial charge is 0.326 e. The Hall–Kier alpha value is -3.48. The van der Waals surface area contributed by atoms with Crippen LogP contribution in [0.25, 0.3) is 11.3 Å². The van der Waals surface area contributed by atoms with E-state index in [1.807, 2.05) is 26.0 Å². The molecule has 2 amide bonds. The summed E-state index contributed by atoms with van der Waals surface area (Å²) in [6.45, 7) is 5.31. The van der Waals surface area contributed by atoms with Crippen molar-refractivity contribution in [2.24, 2.45) is 0 Å². The number of hydrogen-bond acceptors (Lipinski definition) is 4. The van der Waals surface area contributed by atoms with Gasteiger partial charge >= 0.3 is 0 Å². The van der Waals surface area contributed by atoms with E-state index in [4.69, 9.17) is 0 Å². The number of benzene rings is 1. The van der Waals surface area contributed by atoms with Gasteiger partial charge < -0.3 is 10.6 Å². The first-order valence-corrected chi connectivity index (χ1v) is 8.66. The summed E-state index contributed by atoms with van der Waals surface area (Å²) >= 11 is 0. The van der Waals surface area contributed by atoms with Crippen LogP contribution in [0.2, 0.25) is 0 Å². The number of hydrogen-bond donors (Lipinski definition) is 3. The normalized spacial score (nSPS) is 10.5. The van der Waals surface area contributed by atoms with E-state index >= 15 is 0 Å². The highest BCUT2D eigenvalue weighted by Crippen LogP contribution is 2.27. The maximum atomic E-state index is 12.7. The van der Waals surface area contributed by atoms with Crippen LogP contribution in [0, 0.1) is 6.92 Å². The Kier molecular flexibility index (Phi) is 5.30. The summed E-state index contributed by atoms with van der Waals surface area (Å²) in [4.78, 5) is 28.0. The number of nitrogens with one attached hydrogen (secondary N) is 3. The van der Waals surface area contributed by atoms with Crippen molar-refractivity contribution in [2.75, 3.05) is 10.6 Å². The second-order valence-corrected chi connectivity index (χ2v) is 6.18. The van der Waals surface area contributed by atoms with Crippen molar-refractivity contribution in [1.82, 2.24) is 15.2 Å². The Morgan fingerprint density at radius 1 is 1.11 bits per heavy atom. The highest BCUT2D eigenvalue weighted by Gasteiger charge is 2.17. The van der Waals surface area contributed by atoms with Crippen LogP contribution in [0.1, 0.15) is 35.3 Å². The summed E-state index contributed by atoms with van der Waals surface area (Å²) in [6, 6.07) is 8.95. The zero-order valence-corrected chi connectivity index (χ0v) is 15.5. The molecule has 138 valence electrons. The van der Waals surface area contributed by atoms with E-state index in [1.54, 1.807) is 30.6 Å². The zero-order chi connectivity index (χ0) is 19.4. The Morgan fingerprint density at radius 3 is 2.52 bits per heavy atom. The second-order valence-electron chi connectivity index (χ2n) is 6.18. The van der Waals surface area contributed by atoms with E-state index in [0.717, 1.165) is 22.4 Å². The molecule has 0 radical (unpaired) electrons. The molecule has 0 saturated carbocycles. The van der Waals surface area contributed by atoms with Gasteiger partial charge in [-0.3, -0.25) is 19.7 Å². The van der Waals surface area contributed by atoms with Gasteiger partial charge in [0.25, 0.3) is 5.91 Å². The maximum Gasteiger partial charge on any atom is 0.256 e. The molecular formula is C20H21N5O2. The van der Waals surface area contributed by atoms with E-state index in [-0.39, 0.29) is 11.8 Å². The fourth-order valence-electron chi connectivity index (χ4n) is 2.84. The zero-order valence-electron chi connectivity index (χ0n) is 15.5. The van der Waals surface area contributed by atoms with Crippen molar-refractivity contribution >= 4 is 23.3 Å². The van der Waals surface area contributed by atoms with Crippen molar-refractivity contribution in [1.29, 1.82) is 0 Å². The predicted molar refractivity (Wildman–Crippen MR) is 105 cm³/mol. The molecule has 7 heteroatoms. The molecule has 7 nitrogen and oxygen atoms in total. The Balaban J connectivity index is 1.87. The molecule has 2 aromatic heterocycles. The minimum atomic E-state index is -0.288. The lowest BCUT2D eigenvalue weighted by atomic mass is 10.1. The average molecular weight is 363 g/mol. The fourth-order valence-corrected chi connectivity index (χ4v) is 2.84. The highest BCUT2D eigenvalue weighted by atomic mass is 16.2. The number of carbonyl (C=O) groups excluding carboxylic acids is 2. The Bertz CT molecular complexity index is 979. The van der Waals surface area contributed by atoms with E-state index in [0.29, 0.717) is 23.5 Å². The second kappa shape index (κ2) is 7.82. The standard InChI is InChI=1S/C20H21N5O2/c1-4-16-18(14-7-9-21-10-8-14)24-25-19(16)23-20(27)15-6-5-12(2)17(11-15)22-13(3)26/h5-11H,4H2,1-3H3,(H,22,26)(H2,23,24,25,27). The topological polar surface area (TPSA) is 99.8 Å². The molecule has 1 aromatic carbocycles. The summed E-state index contributed by atoms with van der Waals surface area (Å²) in [5.74, 6) is 0.0262. The predicted octanol–water partition coefficient (Wildman–Crippen LogP) is 3.55. The molecule has 0 fully saturated rings. The van der Waals surface area contributed by atoms with Gasteiger partial charge in [0.15, 0.2) is 5.82 Å². The molecule has 0 aliphatic heterocycles. The van der Waals surface area contributed by atoms with Gasteiger partial charge in [-0.15, -0.1) is 0 Å². The van der Waals surface area contributed by atoms with Crippen LogP contribution in [0.4, 0.5) is 11.5 Å². The van der Waals surface area contributed by atoms with Gasteiger partial charge in [0.1, 0.15) is 0 Å². The number of rotatable bonds is 5. The molecule has 3 aromatic rings. The van der Waals surface area contributed by atoms with Crippen molar-refractivity contribution in [3.63, 3.8) is 0 Å². The van der Waals surface area contributed by atoms with Crippen molar-refractivity contribution in [3.8, 4) is 11.3 Å². The minimum absolute atomic E-state index is 0.182. The van der Waals surface area contributed by atoms with Crippen LogP contribution < -0.4 is 10.6 Å². The summed E-state index contributed by atoms with van der Waals surface area (Å²) in [5, 5.41) is 12.9. The first kappa shape index (κ1) is 18.3. The Morgan fingerprint density at radius 2 is 1.85 bits per heavy atom. The molecule has 0 atom stereocenters. The molecule has 2 heterocycles. The van der Waals surface area contributed by atoms with Gasteiger partial charge in [-0.1, -0.05) is 13.0 Å². The third kappa shape index (κ3) is 4.03. The number of aromatic amines is 1.